The topological polar surface area (TPSA) is 6.48 Å². The highest BCUT2D eigenvalue weighted by Crippen LogP contribution is 2.52. The van der Waals surface area contributed by atoms with Crippen molar-refractivity contribution in [1.82, 2.24) is 0 Å². The zero-order valence-corrected chi connectivity index (χ0v) is 36.5. The highest BCUT2D eigenvalue weighted by Gasteiger charge is 2.50. The van der Waals surface area contributed by atoms with Crippen LogP contribution in [0.15, 0.2) is 180 Å². The first-order chi connectivity index (χ1) is 29.0. The van der Waals surface area contributed by atoms with Gasteiger partial charge in [-0.1, -0.05) is 181 Å². The molecule has 0 bridgehead atoms. The maximum absolute atomic E-state index is 2.88. The molecule has 0 saturated heterocycles. The summed E-state index contributed by atoms with van der Waals surface area (Å²) in [6.07, 6.45) is 6.89. The van der Waals surface area contributed by atoms with Gasteiger partial charge in [-0.05, 0) is 118 Å². The van der Waals surface area contributed by atoms with E-state index >= 15 is 0 Å². The molecule has 0 spiro atoms. The van der Waals surface area contributed by atoms with E-state index in [-0.39, 0.29) is 29.5 Å². The van der Waals surface area contributed by atoms with E-state index in [1.807, 2.05) is 0 Å². The monoisotopic (exact) mass is 780 g/mol. The summed E-state index contributed by atoms with van der Waals surface area (Å²) in [4.78, 5) is 5.52. The van der Waals surface area contributed by atoms with Crippen molar-refractivity contribution in [3.05, 3.63) is 202 Å². The molecule has 0 radical (unpaired) electrons. The summed E-state index contributed by atoms with van der Waals surface area (Å²) in [5.74, 6) is 0.274. The standard InChI is InChI=1S/C57H57BN2/c1-38-34-52-54-53(35-38)60(55-45(40-22-13-9-14-23-40)27-19-28-46(55)41-24-15-10-16-25-41)51-33-31-43(57(5,6)7)37-48(51)58(54)47-36-42(56(2,3)4)30-32-50(47)59(52)49-29-18-17-26-44(49)39-20-11-8-12-21-39/h8-18,20-26,29-34,36-37,45,53H,19,27-28,35H2,1-7H3. The highest BCUT2D eigenvalue weighted by atomic mass is 15.2. The number of hydrogen-bond donors (Lipinski definition) is 0. The van der Waals surface area contributed by atoms with Gasteiger partial charge in [0.1, 0.15) is 0 Å². The van der Waals surface area contributed by atoms with Gasteiger partial charge in [-0.2, -0.15) is 0 Å². The second-order valence-electron chi connectivity index (χ2n) is 19.7. The van der Waals surface area contributed by atoms with Gasteiger partial charge >= 0.3 is 0 Å². The highest BCUT2D eigenvalue weighted by molar-refractivity contribution is 6.94. The molecular weight excluding hydrogens is 723 g/mol. The van der Waals surface area contributed by atoms with Crippen LogP contribution >= 0.6 is 0 Å². The molecule has 6 aromatic rings. The molecule has 0 saturated carbocycles. The van der Waals surface area contributed by atoms with Crippen molar-refractivity contribution < 1.29 is 0 Å². The first-order valence-corrected chi connectivity index (χ1v) is 22.2. The summed E-state index contributed by atoms with van der Waals surface area (Å²) < 4.78 is 0. The van der Waals surface area contributed by atoms with Crippen LogP contribution in [0.25, 0.3) is 16.7 Å². The quantitative estimate of drug-likeness (QED) is 0.161. The van der Waals surface area contributed by atoms with Gasteiger partial charge in [0.2, 0.25) is 6.71 Å². The predicted molar refractivity (Wildman–Crippen MR) is 257 cm³/mol. The van der Waals surface area contributed by atoms with Gasteiger partial charge in [-0.15, -0.1) is 0 Å². The van der Waals surface area contributed by atoms with E-state index in [1.54, 1.807) is 0 Å². The average molecular weight is 781 g/mol. The maximum Gasteiger partial charge on any atom is 0.247 e. The van der Waals surface area contributed by atoms with Gasteiger partial charge in [0, 0.05) is 34.3 Å². The third-order valence-corrected chi connectivity index (χ3v) is 13.7. The molecule has 2 nitrogen and oxygen atoms in total. The summed E-state index contributed by atoms with van der Waals surface area (Å²) in [6.45, 7) is 16.7. The normalized spacial score (nSPS) is 18.9. The molecule has 2 unspecified atom stereocenters. The molecule has 0 fully saturated rings. The Labute approximate surface area is 359 Å². The fourth-order valence-corrected chi connectivity index (χ4v) is 10.8. The lowest BCUT2D eigenvalue weighted by atomic mass is 9.31. The van der Waals surface area contributed by atoms with Crippen LogP contribution in [0.2, 0.25) is 0 Å². The summed E-state index contributed by atoms with van der Waals surface area (Å²) in [5.41, 5.74) is 22.0. The van der Waals surface area contributed by atoms with Crippen LogP contribution in [0.5, 0.6) is 0 Å². The predicted octanol–water partition coefficient (Wildman–Crippen LogP) is 13.4. The lowest BCUT2D eigenvalue weighted by Crippen LogP contribution is -2.62. The lowest BCUT2D eigenvalue weighted by Gasteiger charge is -2.53. The van der Waals surface area contributed by atoms with Crippen molar-refractivity contribution in [1.29, 1.82) is 0 Å². The fourth-order valence-electron chi connectivity index (χ4n) is 10.8. The molecule has 3 heteroatoms. The van der Waals surface area contributed by atoms with Crippen LogP contribution < -0.4 is 20.7 Å². The summed E-state index contributed by atoms with van der Waals surface area (Å²) in [6, 6.07) is 57.8. The van der Waals surface area contributed by atoms with Gasteiger partial charge in [0.25, 0.3) is 0 Å². The summed E-state index contributed by atoms with van der Waals surface area (Å²) in [5, 5.41) is 0. The van der Waals surface area contributed by atoms with E-state index in [2.05, 4.69) is 216 Å². The van der Waals surface area contributed by atoms with Crippen molar-refractivity contribution in [2.45, 2.75) is 96.9 Å². The van der Waals surface area contributed by atoms with E-state index < -0.39 is 0 Å². The first kappa shape index (κ1) is 38.4. The van der Waals surface area contributed by atoms with Crippen LogP contribution in [0, 0.1) is 0 Å². The van der Waals surface area contributed by atoms with Crippen LogP contribution in [-0.2, 0) is 10.8 Å². The largest absolute Gasteiger partial charge is 0.338 e. The maximum atomic E-state index is 2.88. The van der Waals surface area contributed by atoms with E-state index in [4.69, 9.17) is 0 Å². The van der Waals surface area contributed by atoms with Crippen LogP contribution in [-0.4, -0.2) is 12.8 Å². The molecule has 2 aliphatic heterocycles. The van der Waals surface area contributed by atoms with Gasteiger partial charge in [0.05, 0.1) is 11.7 Å². The van der Waals surface area contributed by atoms with Crippen molar-refractivity contribution >= 4 is 40.3 Å². The number of para-hydroxylation sites is 1. The number of benzene rings is 6. The summed E-state index contributed by atoms with van der Waals surface area (Å²) >= 11 is 0. The second-order valence-corrected chi connectivity index (χ2v) is 19.7. The molecule has 60 heavy (non-hydrogen) atoms. The second kappa shape index (κ2) is 14.7. The smallest absolute Gasteiger partial charge is 0.247 e. The number of hydrogen-bond acceptors (Lipinski definition) is 2. The van der Waals surface area contributed by atoms with Gasteiger partial charge < -0.3 is 9.80 Å². The van der Waals surface area contributed by atoms with E-state index in [1.165, 1.54) is 95.8 Å². The lowest BCUT2D eigenvalue weighted by molar-refractivity contribution is 0.580. The van der Waals surface area contributed by atoms with E-state index in [9.17, 15) is 0 Å². The minimum absolute atomic E-state index is 0.00386. The molecule has 0 amide bonds. The third kappa shape index (κ3) is 6.49. The Morgan fingerprint density at radius 2 is 1.15 bits per heavy atom. The van der Waals surface area contributed by atoms with Gasteiger partial charge in [-0.3, -0.25) is 0 Å². The van der Waals surface area contributed by atoms with Crippen LogP contribution in [0.3, 0.4) is 0 Å². The number of rotatable bonds is 5. The Bertz CT molecular complexity index is 2690. The first-order valence-electron chi connectivity index (χ1n) is 22.2. The number of nitrogens with zero attached hydrogens (tertiary/aromatic N) is 2. The minimum atomic E-state index is -0.00569. The Hall–Kier alpha value is -5.80. The SMILES string of the molecule is CC1=CC2=C3B(c4cc(C(C)(C)C)ccc4N2c2ccccc2-c2ccccc2)c2cc(C(C)(C)C)ccc2N(C2=C(c4ccccc4)CCCC2c2ccccc2)C3C1. The molecule has 4 aliphatic rings. The molecular formula is C57H57BN2. The minimum Gasteiger partial charge on any atom is -0.338 e. The third-order valence-electron chi connectivity index (χ3n) is 13.7. The Balaban J connectivity index is 1.33. The molecule has 6 aromatic carbocycles. The van der Waals surface area contributed by atoms with Crippen molar-refractivity contribution in [3.63, 3.8) is 0 Å². The summed E-state index contributed by atoms with van der Waals surface area (Å²) in [7, 11) is 0. The Kier molecular flexibility index (Phi) is 9.43. The molecule has 2 heterocycles. The van der Waals surface area contributed by atoms with Gasteiger partial charge in [0.15, 0.2) is 0 Å². The molecule has 0 N–H and O–H groups in total. The number of anilines is 3. The zero-order valence-electron chi connectivity index (χ0n) is 36.5. The molecule has 10 rings (SSSR count). The number of fused-ring (bicyclic) bond motifs is 4. The van der Waals surface area contributed by atoms with Gasteiger partial charge in [-0.25, -0.2) is 0 Å². The Morgan fingerprint density at radius 3 is 1.80 bits per heavy atom. The zero-order chi connectivity index (χ0) is 41.3. The fraction of sp³-hybridized carbons (Fsp3) is 0.263. The van der Waals surface area contributed by atoms with Crippen LogP contribution in [0.4, 0.5) is 17.1 Å². The molecule has 2 atom stereocenters. The van der Waals surface area contributed by atoms with E-state index in [0.29, 0.717) is 0 Å². The molecule has 0 aromatic heterocycles. The molecule has 298 valence electrons. The van der Waals surface area contributed by atoms with E-state index in [0.717, 1.165) is 19.3 Å². The van der Waals surface area contributed by atoms with Crippen molar-refractivity contribution in [2.75, 3.05) is 9.80 Å². The van der Waals surface area contributed by atoms with Crippen molar-refractivity contribution in [3.8, 4) is 11.1 Å². The van der Waals surface area contributed by atoms with Crippen LogP contribution in [0.1, 0.15) is 102 Å². The molecule has 2 aliphatic carbocycles. The number of allylic oxidation sites excluding steroid dienone is 3. The Morgan fingerprint density at radius 1 is 0.583 bits per heavy atom. The average Bonchev–Trinajstić information content (AvgIpc) is 3.26. The van der Waals surface area contributed by atoms with Crippen molar-refractivity contribution in [2.24, 2.45) is 0 Å².